The summed E-state index contributed by atoms with van der Waals surface area (Å²) in [6, 6.07) is 0. The van der Waals surface area contributed by atoms with E-state index < -0.39 is 16.0 Å². The van der Waals surface area contributed by atoms with Gasteiger partial charge < -0.3 is 5.11 Å². The highest BCUT2D eigenvalue weighted by Crippen LogP contribution is 2.19. The van der Waals surface area contributed by atoms with Gasteiger partial charge in [-0.05, 0) is 12.8 Å². The van der Waals surface area contributed by atoms with Crippen LogP contribution in [0.5, 0.6) is 0 Å². The summed E-state index contributed by atoms with van der Waals surface area (Å²) in [5.41, 5.74) is 0. The summed E-state index contributed by atoms with van der Waals surface area (Å²) in [5.74, 6) is -0.934. The van der Waals surface area contributed by atoms with Crippen LogP contribution in [0.15, 0.2) is 17.3 Å². The van der Waals surface area contributed by atoms with E-state index in [1.54, 1.807) is 0 Å². The number of hydrogen-bond donors (Lipinski definition) is 1. The Kier molecular flexibility index (Phi) is 4.20. The van der Waals surface area contributed by atoms with E-state index in [-0.39, 0.29) is 17.9 Å². The molecule has 0 aliphatic carbocycles. The van der Waals surface area contributed by atoms with Crippen molar-refractivity contribution in [3.05, 3.63) is 12.4 Å². The van der Waals surface area contributed by atoms with Gasteiger partial charge in [-0.3, -0.25) is 9.48 Å². The van der Waals surface area contributed by atoms with Gasteiger partial charge in [-0.25, -0.2) is 8.42 Å². The minimum atomic E-state index is -3.48. The zero-order chi connectivity index (χ0) is 13.9. The lowest BCUT2D eigenvalue weighted by molar-refractivity contribution is -0.137. The summed E-state index contributed by atoms with van der Waals surface area (Å²) < 4.78 is 27.4. The Balaban J connectivity index is 2.10. The fraction of sp³-hybridized carbons (Fsp3) is 0.636. The van der Waals surface area contributed by atoms with Crippen molar-refractivity contribution in [2.45, 2.75) is 37.1 Å². The highest BCUT2D eigenvalue weighted by molar-refractivity contribution is 7.89. The highest BCUT2D eigenvalue weighted by atomic mass is 32.2. The molecule has 106 valence electrons. The molecule has 8 heteroatoms. The molecule has 0 saturated carbocycles. The maximum atomic E-state index is 12.3. The molecule has 1 N–H and O–H groups in total. The highest BCUT2D eigenvalue weighted by Gasteiger charge is 2.27. The first-order valence-electron chi connectivity index (χ1n) is 6.24. The lowest BCUT2D eigenvalue weighted by atomic mass is 10.2. The number of piperidine rings is 1. The number of sulfonamides is 1. The van der Waals surface area contributed by atoms with Gasteiger partial charge >= 0.3 is 5.97 Å². The molecule has 0 radical (unpaired) electrons. The molecule has 0 spiro atoms. The van der Waals surface area contributed by atoms with Gasteiger partial charge in [0.25, 0.3) is 0 Å². The van der Waals surface area contributed by atoms with E-state index in [1.165, 1.54) is 21.4 Å². The first kappa shape index (κ1) is 14.0. The fourth-order valence-corrected chi connectivity index (χ4v) is 3.54. The number of hydrogen-bond acceptors (Lipinski definition) is 4. The van der Waals surface area contributed by atoms with Crippen molar-refractivity contribution < 1.29 is 18.3 Å². The molecule has 1 fully saturated rings. The number of carboxylic acids is 1. The molecule has 1 aromatic heterocycles. The normalized spacial score (nSPS) is 17.5. The quantitative estimate of drug-likeness (QED) is 0.853. The zero-order valence-corrected chi connectivity index (χ0v) is 11.3. The molecule has 2 rings (SSSR count). The maximum absolute atomic E-state index is 12.3. The van der Waals surface area contributed by atoms with Crippen molar-refractivity contribution in [2.75, 3.05) is 13.1 Å². The molecule has 0 bridgehead atoms. The molecule has 19 heavy (non-hydrogen) atoms. The van der Waals surface area contributed by atoms with E-state index >= 15 is 0 Å². The van der Waals surface area contributed by atoms with Crippen LogP contribution in [0.4, 0.5) is 0 Å². The van der Waals surface area contributed by atoms with Crippen LogP contribution in [0.3, 0.4) is 0 Å². The Hall–Kier alpha value is -1.41. The Bertz CT molecular complexity index is 546. The fourth-order valence-electron chi connectivity index (χ4n) is 2.06. The molecule has 2 heterocycles. The molecular weight excluding hydrogens is 270 g/mol. The van der Waals surface area contributed by atoms with Crippen molar-refractivity contribution in [1.29, 1.82) is 0 Å². The van der Waals surface area contributed by atoms with Crippen LogP contribution in [0.25, 0.3) is 0 Å². The van der Waals surface area contributed by atoms with E-state index in [0.717, 1.165) is 19.3 Å². The van der Waals surface area contributed by atoms with Gasteiger partial charge in [0.15, 0.2) is 0 Å². The van der Waals surface area contributed by atoms with Crippen LogP contribution in [-0.2, 0) is 21.4 Å². The Labute approximate surface area is 111 Å². The third-order valence-electron chi connectivity index (χ3n) is 3.12. The third-order valence-corrected chi connectivity index (χ3v) is 4.97. The van der Waals surface area contributed by atoms with Gasteiger partial charge in [-0.2, -0.15) is 9.40 Å². The number of nitrogens with zero attached hydrogens (tertiary/aromatic N) is 3. The first-order chi connectivity index (χ1) is 9.00. The van der Waals surface area contributed by atoms with Crippen LogP contribution in [0, 0.1) is 0 Å². The summed E-state index contributed by atoms with van der Waals surface area (Å²) >= 11 is 0. The average Bonchev–Trinajstić information content (AvgIpc) is 2.87. The van der Waals surface area contributed by atoms with Crippen LogP contribution in [-0.4, -0.2) is 46.7 Å². The zero-order valence-electron chi connectivity index (χ0n) is 10.5. The van der Waals surface area contributed by atoms with Gasteiger partial charge in [0.2, 0.25) is 10.0 Å². The summed E-state index contributed by atoms with van der Waals surface area (Å²) in [6.45, 7) is 1.26. The molecule has 0 aromatic carbocycles. The largest absolute Gasteiger partial charge is 0.481 e. The second-order valence-electron chi connectivity index (χ2n) is 4.55. The Morgan fingerprint density at radius 1 is 1.32 bits per heavy atom. The number of carbonyl (C=O) groups is 1. The van der Waals surface area contributed by atoms with Crippen LogP contribution in [0.2, 0.25) is 0 Å². The number of aliphatic carboxylic acids is 1. The van der Waals surface area contributed by atoms with E-state index in [1.807, 2.05) is 0 Å². The van der Waals surface area contributed by atoms with Crippen molar-refractivity contribution in [2.24, 2.45) is 0 Å². The van der Waals surface area contributed by atoms with E-state index in [0.29, 0.717) is 13.1 Å². The van der Waals surface area contributed by atoms with Gasteiger partial charge in [0.05, 0.1) is 19.2 Å². The average molecular weight is 287 g/mol. The topological polar surface area (TPSA) is 92.5 Å². The molecule has 1 aliphatic rings. The lowest BCUT2D eigenvalue weighted by Gasteiger charge is -2.25. The van der Waals surface area contributed by atoms with Gasteiger partial charge in [0, 0.05) is 19.3 Å². The Morgan fingerprint density at radius 2 is 2.00 bits per heavy atom. The smallest absolute Gasteiger partial charge is 0.305 e. The van der Waals surface area contributed by atoms with Crippen molar-refractivity contribution in [3.63, 3.8) is 0 Å². The SMILES string of the molecule is O=C(O)CCn1cc(S(=O)(=O)N2CCCCC2)cn1. The molecule has 1 aromatic rings. The van der Waals surface area contributed by atoms with Crippen molar-refractivity contribution >= 4 is 16.0 Å². The van der Waals surface area contributed by atoms with Crippen molar-refractivity contribution in [3.8, 4) is 0 Å². The number of aromatic nitrogens is 2. The van der Waals surface area contributed by atoms with E-state index in [4.69, 9.17) is 5.11 Å². The summed E-state index contributed by atoms with van der Waals surface area (Å²) in [6.07, 6.45) is 5.42. The van der Waals surface area contributed by atoms with Gasteiger partial charge in [-0.1, -0.05) is 6.42 Å². The third kappa shape index (κ3) is 3.32. The first-order valence-corrected chi connectivity index (χ1v) is 7.68. The minimum absolute atomic E-state index is 0.0785. The molecule has 7 nitrogen and oxygen atoms in total. The monoisotopic (exact) mass is 287 g/mol. The molecule has 1 saturated heterocycles. The van der Waals surface area contributed by atoms with Crippen LogP contribution >= 0.6 is 0 Å². The second-order valence-corrected chi connectivity index (χ2v) is 6.49. The predicted molar refractivity (Wildman–Crippen MR) is 67.1 cm³/mol. The minimum Gasteiger partial charge on any atom is -0.481 e. The van der Waals surface area contributed by atoms with Crippen molar-refractivity contribution in [1.82, 2.24) is 14.1 Å². The number of rotatable bonds is 5. The van der Waals surface area contributed by atoms with Gasteiger partial charge in [0.1, 0.15) is 4.90 Å². The molecule has 0 atom stereocenters. The van der Waals surface area contributed by atoms with Crippen LogP contribution < -0.4 is 0 Å². The number of aryl methyl sites for hydroxylation is 1. The second kappa shape index (κ2) is 5.70. The molecular formula is C11H17N3O4S. The summed E-state index contributed by atoms with van der Waals surface area (Å²) in [5, 5.41) is 12.5. The standard InChI is InChI=1S/C11H17N3O4S/c15-11(16)4-7-13-9-10(8-12-13)19(17,18)14-5-2-1-3-6-14/h8-9H,1-7H2,(H,15,16). The lowest BCUT2D eigenvalue weighted by Crippen LogP contribution is -2.35. The number of carboxylic acid groups (broad SMARTS) is 1. The maximum Gasteiger partial charge on any atom is 0.305 e. The summed E-state index contributed by atoms with van der Waals surface area (Å²) in [4.78, 5) is 10.6. The molecule has 0 amide bonds. The van der Waals surface area contributed by atoms with Crippen LogP contribution in [0.1, 0.15) is 25.7 Å². The molecule has 0 unspecified atom stereocenters. The van der Waals surface area contributed by atoms with Gasteiger partial charge in [-0.15, -0.1) is 0 Å². The van der Waals surface area contributed by atoms with E-state index in [9.17, 15) is 13.2 Å². The Morgan fingerprint density at radius 3 is 2.63 bits per heavy atom. The predicted octanol–water partition coefficient (Wildman–Crippen LogP) is 0.532. The summed E-state index contributed by atoms with van der Waals surface area (Å²) in [7, 11) is -3.48. The molecule has 1 aliphatic heterocycles. The van der Waals surface area contributed by atoms with E-state index in [2.05, 4.69) is 5.10 Å².